The zero-order valence-corrected chi connectivity index (χ0v) is 11.9. The Hall–Kier alpha value is -2.77. The first-order chi connectivity index (χ1) is 10.3. The SMILES string of the molecule is N#Cc1c(-c2ccccc2)c(-c2ccccc2)n[nH]c1=S. The van der Waals surface area contributed by atoms with Crippen molar-refractivity contribution in [1.82, 2.24) is 10.2 Å². The molecule has 0 saturated heterocycles. The lowest BCUT2D eigenvalue weighted by atomic mass is 9.96. The molecule has 0 bridgehead atoms. The summed E-state index contributed by atoms with van der Waals surface area (Å²) in [6.07, 6.45) is 0. The maximum absolute atomic E-state index is 9.47. The monoisotopic (exact) mass is 289 g/mol. The van der Waals surface area contributed by atoms with Gasteiger partial charge in [0.25, 0.3) is 0 Å². The van der Waals surface area contributed by atoms with Crippen LogP contribution >= 0.6 is 12.2 Å². The van der Waals surface area contributed by atoms with E-state index >= 15 is 0 Å². The quantitative estimate of drug-likeness (QED) is 0.714. The van der Waals surface area contributed by atoms with E-state index in [-0.39, 0.29) is 0 Å². The molecule has 1 N–H and O–H groups in total. The summed E-state index contributed by atoms with van der Waals surface area (Å²) in [7, 11) is 0. The van der Waals surface area contributed by atoms with Crippen LogP contribution in [0.2, 0.25) is 0 Å². The minimum atomic E-state index is 0.357. The average molecular weight is 289 g/mol. The number of nitrogens with zero attached hydrogens (tertiary/aromatic N) is 2. The molecule has 21 heavy (non-hydrogen) atoms. The Morgan fingerprint density at radius 3 is 2.05 bits per heavy atom. The number of nitriles is 1. The molecule has 3 aromatic rings. The summed E-state index contributed by atoms with van der Waals surface area (Å²) in [6.45, 7) is 0. The molecule has 0 amide bonds. The fraction of sp³-hybridized carbons (Fsp3) is 0. The molecule has 0 atom stereocenters. The summed E-state index contributed by atoms with van der Waals surface area (Å²) in [5, 5.41) is 16.6. The predicted octanol–water partition coefficient (Wildman–Crippen LogP) is 4.34. The first kappa shape index (κ1) is 13.2. The second kappa shape index (κ2) is 5.70. The summed E-state index contributed by atoms with van der Waals surface area (Å²) in [6, 6.07) is 21.7. The predicted molar refractivity (Wildman–Crippen MR) is 85.0 cm³/mol. The van der Waals surface area contributed by atoms with Crippen molar-refractivity contribution in [3.63, 3.8) is 0 Å². The Labute approximate surface area is 127 Å². The molecular weight excluding hydrogens is 278 g/mol. The highest BCUT2D eigenvalue weighted by atomic mass is 32.1. The van der Waals surface area contributed by atoms with E-state index in [4.69, 9.17) is 12.2 Å². The van der Waals surface area contributed by atoms with Gasteiger partial charge in [0.2, 0.25) is 0 Å². The molecule has 2 aromatic carbocycles. The van der Waals surface area contributed by atoms with Gasteiger partial charge in [0, 0.05) is 11.1 Å². The topological polar surface area (TPSA) is 52.5 Å². The highest BCUT2D eigenvalue weighted by molar-refractivity contribution is 7.71. The number of aromatic nitrogens is 2. The molecule has 0 aliphatic rings. The minimum Gasteiger partial charge on any atom is -0.266 e. The van der Waals surface area contributed by atoms with E-state index in [1.54, 1.807) is 0 Å². The van der Waals surface area contributed by atoms with Crippen LogP contribution < -0.4 is 0 Å². The summed E-state index contributed by atoms with van der Waals surface area (Å²) >= 11 is 5.21. The third kappa shape index (κ3) is 2.47. The third-order valence-electron chi connectivity index (χ3n) is 3.20. The van der Waals surface area contributed by atoms with Gasteiger partial charge >= 0.3 is 0 Å². The van der Waals surface area contributed by atoms with Gasteiger partial charge in [-0.15, -0.1) is 0 Å². The molecule has 3 nitrogen and oxygen atoms in total. The zero-order chi connectivity index (χ0) is 14.7. The van der Waals surface area contributed by atoms with Crippen molar-refractivity contribution < 1.29 is 0 Å². The normalized spacial score (nSPS) is 10.0. The Kier molecular flexibility index (Phi) is 3.59. The van der Waals surface area contributed by atoms with Crippen molar-refractivity contribution in [3.8, 4) is 28.5 Å². The Balaban J connectivity index is 2.37. The zero-order valence-electron chi connectivity index (χ0n) is 11.1. The van der Waals surface area contributed by atoms with E-state index in [1.807, 2.05) is 60.7 Å². The van der Waals surface area contributed by atoms with Crippen molar-refractivity contribution in [2.75, 3.05) is 0 Å². The molecule has 0 radical (unpaired) electrons. The van der Waals surface area contributed by atoms with Crippen LogP contribution in [0.15, 0.2) is 60.7 Å². The maximum atomic E-state index is 9.47. The van der Waals surface area contributed by atoms with Crippen LogP contribution in [0.1, 0.15) is 5.56 Å². The lowest BCUT2D eigenvalue weighted by Gasteiger charge is -2.10. The number of rotatable bonds is 2. The molecule has 0 spiro atoms. The van der Waals surface area contributed by atoms with Crippen molar-refractivity contribution in [2.24, 2.45) is 0 Å². The molecule has 1 aromatic heterocycles. The van der Waals surface area contributed by atoms with Crippen LogP contribution in [0.5, 0.6) is 0 Å². The molecule has 0 aliphatic heterocycles. The average Bonchev–Trinajstić information content (AvgIpc) is 2.56. The van der Waals surface area contributed by atoms with Crippen LogP contribution in [0.25, 0.3) is 22.4 Å². The number of hydrogen-bond acceptors (Lipinski definition) is 3. The Morgan fingerprint density at radius 2 is 1.48 bits per heavy atom. The number of aromatic amines is 1. The van der Waals surface area contributed by atoms with E-state index in [1.165, 1.54) is 0 Å². The number of benzene rings is 2. The van der Waals surface area contributed by atoms with Crippen molar-refractivity contribution in [3.05, 3.63) is 70.9 Å². The van der Waals surface area contributed by atoms with Crippen molar-refractivity contribution in [1.29, 1.82) is 5.26 Å². The number of nitrogens with one attached hydrogen (secondary N) is 1. The summed E-state index contributed by atoms with van der Waals surface area (Å²) in [5.74, 6) is 0. The van der Waals surface area contributed by atoms with Gasteiger partial charge in [0.1, 0.15) is 10.7 Å². The lowest BCUT2D eigenvalue weighted by Crippen LogP contribution is -1.97. The minimum absolute atomic E-state index is 0.357. The van der Waals surface area contributed by atoms with Crippen molar-refractivity contribution in [2.45, 2.75) is 0 Å². The van der Waals surface area contributed by atoms with E-state index in [0.29, 0.717) is 10.2 Å². The lowest BCUT2D eigenvalue weighted by molar-refractivity contribution is 1.02. The molecule has 4 heteroatoms. The summed E-state index contributed by atoms with van der Waals surface area (Å²) in [5.41, 5.74) is 3.82. The van der Waals surface area contributed by atoms with Crippen molar-refractivity contribution >= 4 is 12.2 Å². The summed E-state index contributed by atoms with van der Waals surface area (Å²) in [4.78, 5) is 0. The summed E-state index contributed by atoms with van der Waals surface area (Å²) < 4.78 is 0.357. The molecule has 0 fully saturated rings. The Bertz CT molecular complexity index is 862. The molecule has 0 saturated carbocycles. The molecular formula is C17H11N3S. The molecule has 1 heterocycles. The molecule has 3 rings (SSSR count). The molecule has 0 unspecified atom stereocenters. The van der Waals surface area contributed by atoms with Crippen LogP contribution in [0.3, 0.4) is 0 Å². The standard InChI is InChI=1S/C17H11N3S/c18-11-14-15(12-7-3-1-4-8-12)16(19-20-17(14)21)13-9-5-2-6-10-13/h1-10H,(H,20,21). The van der Waals surface area contributed by atoms with Gasteiger partial charge < -0.3 is 0 Å². The first-order valence-corrected chi connectivity index (χ1v) is 6.85. The smallest absolute Gasteiger partial charge is 0.138 e. The fourth-order valence-electron chi connectivity index (χ4n) is 2.25. The van der Waals surface area contributed by atoms with Gasteiger partial charge in [-0.05, 0) is 5.56 Å². The van der Waals surface area contributed by atoms with Crippen LogP contribution in [0, 0.1) is 16.0 Å². The van der Waals surface area contributed by atoms with Gasteiger partial charge in [-0.1, -0.05) is 72.9 Å². The number of H-pyrrole nitrogens is 1. The van der Waals surface area contributed by atoms with Gasteiger partial charge in [-0.3, -0.25) is 5.10 Å². The largest absolute Gasteiger partial charge is 0.266 e. The second-order valence-corrected chi connectivity index (χ2v) is 4.90. The van der Waals surface area contributed by atoms with E-state index in [9.17, 15) is 5.26 Å². The van der Waals surface area contributed by atoms with Crippen LogP contribution in [-0.4, -0.2) is 10.2 Å². The van der Waals surface area contributed by atoms with E-state index < -0.39 is 0 Å². The van der Waals surface area contributed by atoms with Gasteiger partial charge in [0.05, 0.1) is 11.3 Å². The highest BCUT2D eigenvalue weighted by Crippen LogP contribution is 2.32. The first-order valence-electron chi connectivity index (χ1n) is 6.45. The van der Waals surface area contributed by atoms with Gasteiger partial charge in [-0.2, -0.15) is 10.4 Å². The number of hydrogen-bond donors (Lipinski definition) is 1. The Morgan fingerprint density at radius 1 is 0.905 bits per heavy atom. The van der Waals surface area contributed by atoms with E-state index in [0.717, 1.165) is 22.4 Å². The van der Waals surface area contributed by atoms with Crippen LogP contribution in [-0.2, 0) is 0 Å². The van der Waals surface area contributed by atoms with Crippen LogP contribution in [0.4, 0.5) is 0 Å². The molecule has 100 valence electrons. The van der Waals surface area contributed by atoms with E-state index in [2.05, 4.69) is 16.3 Å². The third-order valence-corrected chi connectivity index (χ3v) is 3.50. The second-order valence-electron chi connectivity index (χ2n) is 4.50. The fourth-order valence-corrected chi connectivity index (χ4v) is 2.44. The van der Waals surface area contributed by atoms with Gasteiger partial charge in [-0.25, -0.2) is 0 Å². The van der Waals surface area contributed by atoms with Gasteiger partial charge in [0.15, 0.2) is 0 Å². The molecule has 0 aliphatic carbocycles. The highest BCUT2D eigenvalue weighted by Gasteiger charge is 2.15. The maximum Gasteiger partial charge on any atom is 0.138 e.